The molecule has 7 nitrogen and oxygen atoms in total. The third-order valence-corrected chi connectivity index (χ3v) is 4.34. The number of nitrogens with zero attached hydrogens (tertiary/aromatic N) is 2. The Bertz CT molecular complexity index is 1210. The lowest BCUT2D eigenvalue weighted by Gasteiger charge is -2.10. The SMILES string of the molecule is Cc1ccc(-c2nnc([C@@H](C)OC(=O)c3cc(=O)[nH]c4ccccc34)o2)cc1. The van der Waals surface area contributed by atoms with Crippen molar-refractivity contribution in [2.75, 3.05) is 0 Å². The number of benzene rings is 2. The van der Waals surface area contributed by atoms with Crippen LogP contribution in [0.4, 0.5) is 0 Å². The highest BCUT2D eigenvalue weighted by molar-refractivity contribution is 6.03. The van der Waals surface area contributed by atoms with Crippen LogP contribution in [0.5, 0.6) is 0 Å². The number of ether oxygens (including phenoxy) is 1. The number of rotatable bonds is 4. The Balaban J connectivity index is 1.57. The predicted molar refractivity (Wildman–Crippen MR) is 103 cm³/mol. The van der Waals surface area contributed by atoms with Gasteiger partial charge in [-0.05, 0) is 32.0 Å². The quantitative estimate of drug-likeness (QED) is 0.545. The standard InChI is InChI=1S/C21H17N3O4/c1-12-7-9-14(10-8-12)20-24-23-19(28-20)13(2)27-21(26)16-11-18(25)22-17-6-4-3-5-15(16)17/h3-11,13H,1-2H3,(H,22,25)/t13-/m1/s1. The maximum absolute atomic E-state index is 12.6. The van der Waals surface area contributed by atoms with Gasteiger partial charge in [-0.1, -0.05) is 35.9 Å². The fourth-order valence-electron chi connectivity index (χ4n) is 2.86. The van der Waals surface area contributed by atoms with E-state index in [0.29, 0.717) is 16.8 Å². The smallest absolute Gasteiger partial charge is 0.339 e. The average Bonchev–Trinajstić information content (AvgIpc) is 3.18. The van der Waals surface area contributed by atoms with E-state index in [0.717, 1.165) is 11.1 Å². The third kappa shape index (κ3) is 3.42. The van der Waals surface area contributed by atoms with Gasteiger partial charge in [0.1, 0.15) is 0 Å². The van der Waals surface area contributed by atoms with Crippen molar-refractivity contribution in [3.63, 3.8) is 0 Å². The molecule has 1 atom stereocenters. The Morgan fingerprint density at radius 3 is 2.64 bits per heavy atom. The Morgan fingerprint density at radius 2 is 1.86 bits per heavy atom. The van der Waals surface area contributed by atoms with Gasteiger partial charge in [0.25, 0.3) is 5.89 Å². The van der Waals surface area contributed by atoms with Gasteiger partial charge in [-0.25, -0.2) is 4.79 Å². The van der Waals surface area contributed by atoms with Gasteiger partial charge in [-0.15, -0.1) is 10.2 Å². The number of H-pyrrole nitrogens is 1. The van der Waals surface area contributed by atoms with Crippen molar-refractivity contribution in [3.05, 3.63) is 82.0 Å². The molecule has 7 heteroatoms. The van der Waals surface area contributed by atoms with E-state index in [4.69, 9.17) is 9.15 Å². The van der Waals surface area contributed by atoms with Crippen LogP contribution in [0.25, 0.3) is 22.4 Å². The summed E-state index contributed by atoms with van der Waals surface area (Å²) >= 11 is 0. The Hall–Kier alpha value is -3.74. The number of aromatic nitrogens is 3. The van der Waals surface area contributed by atoms with Crippen LogP contribution in [0.2, 0.25) is 0 Å². The second-order valence-electron chi connectivity index (χ2n) is 6.45. The van der Waals surface area contributed by atoms with E-state index >= 15 is 0 Å². The molecule has 2 heterocycles. The van der Waals surface area contributed by atoms with Crippen LogP contribution in [0.15, 0.2) is 63.8 Å². The minimum absolute atomic E-state index is 0.179. The topological polar surface area (TPSA) is 98.1 Å². The Labute approximate surface area is 160 Å². The molecule has 4 aromatic rings. The molecule has 140 valence electrons. The van der Waals surface area contributed by atoms with Crippen LogP contribution in [0, 0.1) is 6.92 Å². The molecule has 0 bridgehead atoms. The molecule has 0 aliphatic carbocycles. The molecule has 0 spiro atoms. The zero-order valence-electron chi connectivity index (χ0n) is 15.3. The fraction of sp³-hybridized carbons (Fsp3) is 0.143. The van der Waals surface area contributed by atoms with Crippen molar-refractivity contribution < 1.29 is 13.9 Å². The van der Waals surface area contributed by atoms with E-state index in [2.05, 4.69) is 15.2 Å². The summed E-state index contributed by atoms with van der Waals surface area (Å²) in [4.78, 5) is 27.2. The molecule has 2 aromatic carbocycles. The van der Waals surface area contributed by atoms with Gasteiger partial charge in [-0.3, -0.25) is 4.79 Å². The van der Waals surface area contributed by atoms with Crippen LogP contribution >= 0.6 is 0 Å². The number of aryl methyl sites for hydroxylation is 1. The number of carbonyl (C=O) groups excluding carboxylic acids is 1. The normalized spacial score (nSPS) is 12.1. The molecule has 0 radical (unpaired) electrons. The zero-order valence-corrected chi connectivity index (χ0v) is 15.3. The Kier molecular flexibility index (Phi) is 4.49. The molecule has 28 heavy (non-hydrogen) atoms. The summed E-state index contributed by atoms with van der Waals surface area (Å²) in [7, 11) is 0. The number of carbonyl (C=O) groups is 1. The second kappa shape index (κ2) is 7.11. The van der Waals surface area contributed by atoms with Crippen molar-refractivity contribution in [1.29, 1.82) is 0 Å². The van der Waals surface area contributed by atoms with E-state index in [1.807, 2.05) is 31.2 Å². The van der Waals surface area contributed by atoms with Crippen molar-refractivity contribution >= 4 is 16.9 Å². The third-order valence-electron chi connectivity index (χ3n) is 4.34. The van der Waals surface area contributed by atoms with E-state index in [1.165, 1.54) is 6.07 Å². The molecular weight excluding hydrogens is 358 g/mol. The maximum Gasteiger partial charge on any atom is 0.339 e. The lowest BCUT2D eigenvalue weighted by Crippen LogP contribution is -2.14. The summed E-state index contributed by atoms with van der Waals surface area (Å²) in [5.74, 6) is -0.109. The first kappa shape index (κ1) is 17.7. The van der Waals surface area contributed by atoms with Gasteiger partial charge in [-0.2, -0.15) is 0 Å². The van der Waals surface area contributed by atoms with Gasteiger partial charge in [0.15, 0.2) is 6.10 Å². The molecule has 0 fully saturated rings. The molecule has 0 saturated carbocycles. The molecule has 0 aliphatic rings. The number of para-hydroxylation sites is 1. The van der Waals surface area contributed by atoms with Gasteiger partial charge < -0.3 is 14.1 Å². The van der Waals surface area contributed by atoms with Gasteiger partial charge in [0, 0.05) is 22.5 Å². The van der Waals surface area contributed by atoms with Crippen molar-refractivity contribution in [3.8, 4) is 11.5 Å². The van der Waals surface area contributed by atoms with Crippen LogP contribution in [0.1, 0.15) is 34.8 Å². The summed E-state index contributed by atoms with van der Waals surface area (Å²) in [5, 5.41) is 8.60. The highest BCUT2D eigenvalue weighted by Crippen LogP contribution is 2.24. The molecular formula is C21H17N3O4. The number of hydrogen-bond acceptors (Lipinski definition) is 6. The molecule has 0 aliphatic heterocycles. The number of aromatic amines is 1. The van der Waals surface area contributed by atoms with Crippen molar-refractivity contribution in [2.45, 2.75) is 20.0 Å². The molecule has 0 saturated heterocycles. The molecule has 0 amide bonds. The zero-order chi connectivity index (χ0) is 19.7. The number of esters is 1. The van der Waals surface area contributed by atoms with Crippen LogP contribution in [-0.4, -0.2) is 21.2 Å². The van der Waals surface area contributed by atoms with Crippen molar-refractivity contribution in [2.24, 2.45) is 0 Å². The average molecular weight is 375 g/mol. The number of fused-ring (bicyclic) bond motifs is 1. The first-order valence-electron chi connectivity index (χ1n) is 8.75. The molecule has 4 rings (SSSR count). The molecule has 0 unspecified atom stereocenters. The highest BCUT2D eigenvalue weighted by atomic mass is 16.6. The maximum atomic E-state index is 12.6. The predicted octanol–water partition coefficient (Wildman–Crippen LogP) is 3.80. The van der Waals surface area contributed by atoms with Crippen molar-refractivity contribution in [1.82, 2.24) is 15.2 Å². The van der Waals surface area contributed by atoms with E-state index in [9.17, 15) is 9.59 Å². The second-order valence-corrected chi connectivity index (χ2v) is 6.45. The fourth-order valence-corrected chi connectivity index (χ4v) is 2.86. The van der Waals surface area contributed by atoms with E-state index < -0.39 is 12.1 Å². The van der Waals surface area contributed by atoms with Gasteiger partial charge in [0.05, 0.1) is 5.56 Å². The summed E-state index contributed by atoms with van der Waals surface area (Å²) in [6.45, 7) is 3.63. The summed E-state index contributed by atoms with van der Waals surface area (Å²) < 4.78 is 11.1. The number of hydrogen-bond donors (Lipinski definition) is 1. The van der Waals surface area contributed by atoms with Gasteiger partial charge >= 0.3 is 5.97 Å². The lowest BCUT2D eigenvalue weighted by atomic mass is 10.1. The first-order valence-corrected chi connectivity index (χ1v) is 8.75. The number of pyridine rings is 1. The first-order chi connectivity index (χ1) is 13.5. The minimum Gasteiger partial charge on any atom is -0.449 e. The summed E-state index contributed by atoms with van der Waals surface area (Å²) in [6.07, 6.45) is -0.766. The van der Waals surface area contributed by atoms with Crippen LogP contribution in [-0.2, 0) is 4.74 Å². The molecule has 1 N–H and O–H groups in total. The van der Waals surface area contributed by atoms with E-state index in [-0.39, 0.29) is 17.0 Å². The summed E-state index contributed by atoms with van der Waals surface area (Å²) in [5.41, 5.74) is 2.27. The van der Waals surface area contributed by atoms with Crippen LogP contribution < -0.4 is 5.56 Å². The molecule has 2 aromatic heterocycles. The Morgan fingerprint density at radius 1 is 1.11 bits per heavy atom. The van der Waals surface area contributed by atoms with Gasteiger partial charge in [0.2, 0.25) is 11.4 Å². The van der Waals surface area contributed by atoms with Crippen LogP contribution in [0.3, 0.4) is 0 Å². The number of nitrogens with one attached hydrogen (secondary N) is 1. The monoisotopic (exact) mass is 375 g/mol. The minimum atomic E-state index is -0.766. The lowest BCUT2D eigenvalue weighted by molar-refractivity contribution is 0.0282. The summed E-state index contributed by atoms with van der Waals surface area (Å²) in [6, 6.07) is 15.9. The highest BCUT2D eigenvalue weighted by Gasteiger charge is 2.21. The largest absolute Gasteiger partial charge is 0.449 e. The van der Waals surface area contributed by atoms with E-state index in [1.54, 1.807) is 31.2 Å².